The van der Waals surface area contributed by atoms with Crippen LogP contribution in [-0.4, -0.2) is 63.4 Å². The van der Waals surface area contributed by atoms with E-state index in [9.17, 15) is 18.0 Å². The van der Waals surface area contributed by atoms with E-state index in [0.717, 1.165) is 31.2 Å². The summed E-state index contributed by atoms with van der Waals surface area (Å²) in [5.41, 5.74) is 1.68. The molecule has 1 N–H and O–H groups in total. The van der Waals surface area contributed by atoms with Gasteiger partial charge in [0.25, 0.3) is 11.8 Å². The van der Waals surface area contributed by atoms with Crippen molar-refractivity contribution < 1.29 is 27.5 Å². The number of carbonyl (C=O) groups excluding carboxylic acids is 2. The molecule has 3 aromatic rings. The summed E-state index contributed by atoms with van der Waals surface area (Å²) in [6.45, 7) is 1.27. The van der Waals surface area contributed by atoms with Crippen LogP contribution in [0.4, 0.5) is 5.69 Å². The van der Waals surface area contributed by atoms with Crippen LogP contribution >= 0.6 is 0 Å². The lowest BCUT2D eigenvalue weighted by Gasteiger charge is -2.34. The molecule has 2 aliphatic heterocycles. The molecule has 10 heteroatoms. The number of nitrogens with one attached hydrogen (secondary N) is 1. The van der Waals surface area contributed by atoms with Crippen LogP contribution in [0.2, 0.25) is 0 Å². The second-order valence-electron chi connectivity index (χ2n) is 10.2. The van der Waals surface area contributed by atoms with E-state index in [2.05, 4.69) is 5.32 Å². The normalized spacial score (nSPS) is 17.6. The molecule has 1 unspecified atom stereocenters. The number of benzene rings is 3. The summed E-state index contributed by atoms with van der Waals surface area (Å²) in [6, 6.07) is 23.1. The summed E-state index contributed by atoms with van der Waals surface area (Å²) in [5, 5.41) is 2.91. The van der Waals surface area contributed by atoms with Crippen molar-refractivity contribution >= 4 is 27.5 Å². The zero-order chi connectivity index (χ0) is 28.7. The Hall–Kier alpha value is -3.89. The lowest BCUT2D eigenvalue weighted by molar-refractivity contribution is -0.128. The zero-order valence-corrected chi connectivity index (χ0v) is 23.7. The van der Waals surface area contributed by atoms with Crippen molar-refractivity contribution in [2.24, 2.45) is 0 Å². The molecule has 0 radical (unpaired) electrons. The van der Waals surface area contributed by atoms with Gasteiger partial charge in [0.05, 0.1) is 17.1 Å². The molecule has 0 saturated carbocycles. The van der Waals surface area contributed by atoms with Gasteiger partial charge in [0.2, 0.25) is 10.0 Å². The lowest BCUT2D eigenvalue weighted by atomic mass is 10.1. The molecule has 0 bridgehead atoms. The number of amides is 2. The van der Waals surface area contributed by atoms with E-state index in [1.165, 1.54) is 17.0 Å². The summed E-state index contributed by atoms with van der Waals surface area (Å²) in [7, 11) is -3.57. The Morgan fingerprint density at radius 3 is 2.29 bits per heavy atom. The molecule has 1 fully saturated rings. The van der Waals surface area contributed by atoms with Crippen LogP contribution < -0.4 is 19.7 Å². The number of hydrogen-bond acceptors (Lipinski definition) is 6. The predicted molar refractivity (Wildman–Crippen MR) is 156 cm³/mol. The van der Waals surface area contributed by atoms with Gasteiger partial charge in [-0.3, -0.25) is 9.59 Å². The smallest absolute Gasteiger partial charge is 0.265 e. The quantitative estimate of drug-likeness (QED) is 0.415. The first kappa shape index (κ1) is 28.6. The molecule has 0 spiro atoms. The van der Waals surface area contributed by atoms with Crippen LogP contribution in [0.1, 0.15) is 31.2 Å². The SMILES string of the molecule is O=C(NCCc1ccccc1)C1CN(C(=O)COc2ccc(S(=O)(=O)N3CCCCCC3)cc2)c2ccccc2O1. The fraction of sp³-hybridized carbons (Fsp3) is 0.355. The van der Waals surface area contributed by atoms with Gasteiger partial charge in [-0.2, -0.15) is 4.31 Å². The van der Waals surface area contributed by atoms with E-state index in [4.69, 9.17) is 9.47 Å². The average Bonchev–Trinajstić information content (AvgIpc) is 3.30. The van der Waals surface area contributed by atoms with Crippen molar-refractivity contribution in [3.8, 4) is 11.5 Å². The monoisotopic (exact) mass is 577 g/mol. The van der Waals surface area contributed by atoms with Crippen molar-refractivity contribution in [2.75, 3.05) is 37.7 Å². The molecule has 2 amide bonds. The van der Waals surface area contributed by atoms with Crippen molar-refractivity contribution in [1.82, 2.24) is 9.62 Å². The van der Waals surface area contributed by atoms with Crippen LogP contribution in [0.5, 0.6) is 11.5 Å². The Bertz CT molecular complexity index is 1440. The minimum atomic E-state index is -3.57. The summed E-state index contributed by atoms with van der Waals surface area (Å²) in [4.78, 5) is 27.9. The highest BCUT2D eigenvalue weighted by Crippen LogP contribution is 2.33. The number of para-hydroxylation sites is 2. The molecule has 2 heterocycles. The highest BCUT2D eigenvalue weighted by Gasteiger charge is 2.34. The molecule has 1 saturated heterocycles. The predicted octanol–water partition coefficient (Wildman–Crippen LogP) is 3.78. The molecule has 1 atom stereocenters. The summed E-state index contributed by atoms with van der Waals surface area (Å²) in [6.07, 6.45) is 3.63. The second kappa shape index (κ2) is 13.2. The van der Waals surface area contributed by atoms with Crippen molar-refractivity contribution in [3.63, 3.8) is 0 Å². The number of carbonyl (C=O) groups is 2. The summed E-state index contributed by atoms with van der Waals surface area (Å²) in [5.74, 6) is 0.183. The summed E-state index contributed by atoms with van der Waals surface area (Å²) >= 11 is 0. The molecule has 5 rings (SSSR count). The van der Waals surface area contributed by atoms with Gasteiger partial charge >= 0.3 is 0 Å². The van der Waals surface area contributed by atoms with Gasteiger partial charge in [-0.1, -0.05) is 55.3 Å². The molecule has 0 aliphatic carbocycles. The Morgan fingerprint density at radius 2 is 1.56 bits per heavy atom. The maximum Gasteiger partial charge on any atom is 0.265 e. The van der Waals surface area contributed by atoms with E-state index < -0.39 is 16.1 Å². The fourth-order valence-corrected chi connectivity index (χ4v) is 6.57. The number of ether oxygens (including phenoxy) is 2. The second-order valence-corrected chi connectivity index (χ2v) is 12.1. The first-order chi connectivity index (χ1) is 19.9. The topological polar surface area (TPSA) is 105 Å². The van der Waals surface area contributed by atoms with Gasteiger partial charge in [-0.15, -0.1) is 0 Å². The minimum Gasteiger partial charge on any atom is -0.484 e. The fourth-order valence-electron chi connectivity index (χ4n) is 5.06. The number of hydrogen-bond donors (Lipinski definition) is 1. The van der Waals surface area contributed by atoms with Crippen LogP contribution in [0.25, 0.3) is 0 Å². The van der Waals surface area contributed by atoms with Gasteiger partial charge in [0, 0.05) is 19.6 Å². The molecular weight excluding hydrogens is 542 g/mol. The van der Waals surface area contributed by atoms with Gasteiger partial charge in [0.1, 0.15) is 11.5 Å². The number of fused-ring (bicyclic) bond motifs is 1. The number of sulfonamides is 1. The third kappa shape index (κ3) is 7.07. The van der Waals surface area contributed by atoms with Crippen LogP contribution in [0.3, 0.4) is 0 Å². The molecule has 3 aromatic carbocycles. The molecule has 9 nitrogen and oxygen atoms in total. The number of anilines is 1. The zero-order valence-electron chi connectivity index (χ0n) is 22.9. The maximum absolute atomic E-state index is 13.3. The van der Waals surface area contributed by atoms with E-state index in [-0.39, 0.29) is 29.9 Å². The van der Waals surface area contributed by atoms with E-state index in [1.807, 2.05) is 30.3 Å². The van der Waals surface area contributed by atoms with Gasteiger partial charge in [-0.25, -0.2) is 8.42 Å². The van der Waals surface area contributed by atoms with Crippen molar-refractivity contribution in [2.45, 2.75) is 43.1 Å². The molecule has 2 aliphatic rings. The van der Waals surface area contributed by atoms with Crippen LogP contribution in [0, 0.1) is 0 Å². The Kier molecular flexibility index (Phi) is 9.21. The first-order valence-corrected chi connectivity index (χ1v) is 15.5. The third-order valence-corrected chi connectivity index (χ3v) is 9.22. The Morgan fingerprint density at radius 1 is 0.878 bits per heavy atom. The number of nitrogens with zero attached hydrogens (tertiary/aromatic N) is 2. The standard InChI is InChI=1S/C31H35N3O6S/c35-30(23-39-25-14-16-26(17-15-25)41(37,38)33-20-8-1-2-9-21-33)34-22-29(40-28-13-7-6-12-27(28)34)31(36)32-19-18-24-10-4-3-5-11-24/h3-7,10-17,29H,1-2,8-9,18-23H2,(H,32,36). The maximum atomic E-state index is 13.3. The van der Waals surface area contributed by atoms with E-state index in [0.29, 0.717) is 43.2 Å². The Balaban J connectivity index is 1.19. The van der Waals surface area contributed by atoms with E-state index in [1.54, 1.807) is 40.7 Å². The average molecular weight is 578 g/mol. The highest BCUT2D eigenvalue weighted by atomic mass is 32.2. The third-order valence-electron chi connectivity index (χ3n) is 7.31. The minimum absolute atomic E-state index is 0.0450. The van der Waals surface area contributed by atoms with Gasteiger partial charge < -0.3 is 19.7 Å². The van der Waals surface area contributed by atoms with Crippen LogP contribution in [-0.2, 0) is 26.0 Å². The lowest BCUT2D eigenvalue weighted by Crippen LogP contribution is -2.52. The first-order valence-electron chi connectivity index (χ1n) is 14.0. The number of rotatable bonds is 9. The molecule has 216 valence electrons. The van der Waals surface area contributed by atoms with Gasteiger partial charge in [-0.05, 0) is 61.2 Å². The molecule has 41 heavy (non-hydrogen) atoms. The van der Waals surface area contributed by atoms with Crippen molar-refractivity contribution in [3.05, 3.63) is 84.4 Å². The summed E-state index contributed by atoms with van der Waals surface area (Å²) < 4.78 is 39.3. The molecule has 0 aromatic heterocycles. The Labute approximate surface area is 241 Å². The van der Waals surface area contributed by atoms with E-state index >= 15 is 0 Å². The van der Waals surface area contributed by atoms with Gasteiger partial charge in [0.15, 0.2) is 12.7 Å². The van der Waals surface area contributed by atoms with Crippen LogP contribution in [0.15, 0.2) is 83.8 Å². The molecular formula is C31H35N3O6S. The largest absolute Gasteiger partial charge is 0.484 e. The highest BCUT2D eigenvalue weighted by molar-refractivity contribution is 7.89. The van der Waals surface area contributed by atoms with Crippen molar-refractivity contribution in [1.29, 1.82) is 0 Å².